The Bertz CT molecular complexity index is 391. The van der Waals surface area contributed by atoms with E-state index in [-0.39, 0.29) is 6.04 Å². The molecule has 0 saturated heterocycles. The Kier molecular flexibility index (Phi) is 7.02. The van der Waals surface area contributed by atoms with E-state index in [9.17, 15) is 13.2 Å². The summed E-state index contributed by atoms with van der Waals surface area (Å²) in [7, 11) is 0. The summed E-state index contributed by atoms with van der Waals surface area (Å²) in [4.78, 5) is 0. The molecule has 0 fully saturated rings. The highest BCUT2D eigenvalue weighted by Gasteiger charge is 2.30. The Labute approximate surface area is 118 Å². The van der Waals surface area contributed by atoms with Crippen molar-refractivity contribution in [1.82, 2.24) is 5.43 Å². The van der Waals surface area contributed by atoms with Crippen molar-refractivity contribution in [1.29, 1.82) is 0 Å². The minimum Gasteiger partial charge on any atom is -0.271 e. The zero-order chi connectivity index (χ0) is 15.0. The van der Waals surface area contributed by atoms with Crippen molar-refractivity contribution in [3.63, 3.8) is 0 Å². The van der Waals surface area contributed by atoms with Crippen LogP contribution in [0.3, 0.4) is 0 Å². The normalized spacial score (nSPS) is 13.4. The fraction of sp³-hybridized carbons (Fsp3) is 0.600. The molecule has 1 atom stereocenters. The topological polar surface area (TPSA) is 38.0 Å². The zero-order valence-corrected chi connectivity index (χ0v) is 11.8. The molecule has 0 heterocycles. The molecule has 1 rings (SSSR count). The summed E-state index contributed by atoms with van der Waals surface area (Å²) >= 11 is 0. The molecule has 1 aromatic carbocycles. The lowest BCUT2D eigenvalue weighted by atomic mass is 9.99. The number of unbranched alkanes of at least 4 members (excludes halogenated alkanes) is 3. The number of rotatable bonds is 8. The SMILES string of the molecule is CCCCCCC(Cc1cccc(C(F)(F)F)c1)NN. The minimum atomic E-state index is -4.29. The summed E-state index contributed by atoms with van der Waals surface area (Å²) in [5, 5.41) is 0. The van der Waals surface area contributed by atoms with Crippen LogP contribution in [-0.2, 0) is 12.6 Å². The van der Waals surface area contributed by atoms with Gasteiger partial charge in [-0.2, -0.15) is 13.2 Å². The number of nitrogens with two attached hydrogens (primary N) is 1. The first-order valence-corrected chi connectivity index (χ1v) is 7.09. The molecule has 0 bridgehead atoms. The van der Waals surface area contributed by atoms with E-state index in [1.54, 1.807) is 6.07 Å². The number of alkyl halides is 3. The first-order chi connectivity index (χ1) is 9.47. The van der Waals surface area contributed by atoms with Crippen molar-refractivity contribution >= 4 is 0 Å². The van der Waals surface area contributed by atoms with Gasteiger partial charge in [-0.15, -0.1) is 0 Å². The third-order valence-corrected chi connectivity index (χ3v) is 3.38. The fourth-order valence-electron chi connectivity index (χ4n) is 2.22. The molecule has 0 aliphatic carbocycles. The van der Waals surface area contributed by atoms with E-state index in [2.05, 4.69) is 12.3 Å². The van der Waals surface area contributed by atoms with E-state index < -0.39 is 11.7 Å². The third kappa shape index (κ3) is 5.92. The van der Waals surface area contributed by atoms with Gasteiger partial charge in [0.25, 0.3) is 0 Å². The molecule has 1 aromatic rings. The molecule has 20 heavy (non-hydrogen) atoms. The van der Waals surface area contributed by atoms with Crippen molar-refractivity contribution in [2.75, 3.05) is 0 Å². The van der Waals surface area contributed by atoms with Gasteiger partial charge in [-0.25, -0.2) is 0 Å². The lowest BCUT2D eigenvalue weighted by molar-refractivity contribution is -0.137. The molecule has 0 aliphatic rings. The van der Waals surface area contributed by atoms with Crippen LogP contribution in [0, 0.1) is 0 Å². The van der Waals surface area contributed by atoms with Crippen molar-refractivity contribution < 1.29 is 13.2 Å². The summed E-state index contributed by atoms with van der Waals surface area (Å²) in [5.41, 5.74) is 2.77. The maximum Gasteiger partial charge on any atom is 0.416 e. The van der Waals surface area contributed by atoms with Crippen LogP contribution in [0.15, 0.2) is 24.3 Å². The highest BCUT2D eigenvalue weighted by molar-refractivity contribution is 5.26. The lowest BCUT2D eigenvalue weighted by Gasteiger charge is -2.16. The van der Waals surface area contributed by atoms with Crippen LogP contribution in [0.4, 0.5) is 13.2 Å². The summed E-state index contributed by atoms with van der Waals surface area (Å²) in [6.07, 6.45) is 1.64. The van der Waals surface area contributed by atoms with Gasteiger partial charge < -0.3 is 0 Å². The quantitative estimate of drug-likeness (QED) is 0.430. The molecule has 0 spiro atoms. The monoisotopic (exact) mass is 288 g/mol. The number of nitrogens with one attached hydrogen (secondary N) is 1. The molecule has 114 valence electrons. The highest BCUT2D eigenvalue weighted by Crippen LogP contribution is 2.29. The Morgan fingerprint density at radius 1 is 1.20 bits per heavy atom. The molecule has 3 N–H and O–H groups in total. The fourth-order valence-corrected chi connectivity index (χ4v) is 2.22. The molecule has 1 unspecified atom stereocenters. The van der Waals surface area contributed by atoms with Gasteiger partial charge >= 0.3 is 6.18 Å². The van der Waals surface area contributed by atoms with E-state index in [1.807, 2.05) is 0 Å². The smallest absolute Gasteiger partial charge is 0.271 e. The first kappa shape index (κ1) is 17.0. The first-order valence-electron chi connectivity index (χ1n) is 7.09. The minimum absolute atomic E-state index is 0.0235. The maximum atomic E-state index is 12.6. The molecule has 5 heteroatoms. The van der Waals surface area contributed by atoms with E-state index in [0.717, 1.165) is 31.7 Å². The van der Waals surface area contributed by atoms with Gasteiger partial charge in [-0.05, 0) is 24.5 Å². The summed E-state index contributed by atoms with van der Waals surface area (Å²) in [5.74, 6) is 5.49. The largest absolute Gasteiger partial charge is 0.416 e. The number of benzene rings is 1. The van der Waals surface area contributed by atoms with Crippen LogP contribution in [0.2, 0.25) is 0 Å². The molecule has 0 amide bonds. The van der Waals surface area contributed by atoms with Crippen LogP contribution in [0.1, 0.15) is 50.2 Å². The molecule has 2 nitrogen and oxygen atoms in total. The van der Waals surface area contributed by atoms with E-state index >= 15 is 0 Å². The molecular weight excluding hydrogens is 265 g/mol. The standard InChI is InChI=1S/C15H23F3N2/c1-2-3-4-5-9-14(20-19)11-12-7-6-8-13(10-12)15(16,17)18/h6-8,10,14,20H,2-5,9,11,19H2,1H3. The number of halogens is 3. The Hall–Kier alpha value is -1.07. The Morgan fingerprint density at radius 2 is 1.95 bits per heavy atom. The van der Waals surface area contributed by atoms with Crippen molar-refractivity contribution in [2.45, 2.75) is 57.7 Å². The van der Waals surface area contributed by atoms with Crippen molar-refractivity contribution in [3.05, 3.63) is 35.4 Å². The average molecular weight is 288 g/mol. The maximum absolute atomic E-state index is 12.6. The lowest BCUT2D eigenvalue weighted by Crippen LogP contribution is -2.36. The molecule has 0 aromatic heterocycles. The van der Waals surface area contributed by atoms with Gasteiger partial charge in [0.1, 0.15) is 0 Å². The van der Waals surface area contributed by atoms with Gasteiger partial charge in [0.2, 0.25) is 0 Å². The summed E-state index contributed by atoms with van der Waals surface area (Å²) < 4.78 is 37.9. The van der Waals surface area contributed by atoms with Crippen molar-refractivity contribution in [2.24, 2.45) is 5.84 Å². The highest BCUT2D eigenvalue weighted by atomic mass is 19.4. The van der Waals surface area contributed by atoms with Crippen LogP contribution < -0.4 is 11.3 Å². The van der Waals surface area contributed by atoms with Gasteiger partial charge in [0, 0.05) is 6.04 Å². The summed E-state index contributed by atoms with van der Waals surface area (Å²) in [6.45, 7) is 2.14. The average Bonchev–Trinajstić information content (AvgIpc) is 2.41. The van der Waals surface area contributed by atoms with Crippen LogP contribution in [-0.4, -0.2) is 6.04 Å². The van der Waals surface area contributed by atoms with Gasteiger partial charge in [-0.3, -0.25) is 11.3 Å². The molecule has 0 aliphatic heterocycles. The number of hydrogen-bond acceptors (Lipinski definition) is 2. The second-order valence-electron chi connectivity index (χ2n) is 5.12. The molecule has 0 radical (unpaired) electrons. The number of hydrogen-bond donors (Lipinski definition) is 2. The van der Waals surface area contributed by atoms with E-state index in [4.69, 9.17) is 5.84 Å². The van der Waals surface area contributed by atoms with E-state index in [1.165, 1.54) is 18.6 Å². The van der Waals surface area contributed by atoms with E-state index in [0.29, 0.717) is 12.0 Å². The van der Waals surface area contributed by atoms with Gasteiger partial charge in [0.05, 0.1) is 5.56 Å². The van der Waals surface area contributed by atoms with Crippen LogP contribution in [0.5, 0.6) is 0 Å². The predicted molar refractivity (Wildman–Crippen MR) is 75.0 cm³/mol. The van der Waals surface area contributed by atoms with Crippen LogP contribution in [0.25, 0.3) is 0 Å². The van der Waals surface area contributed by atoms with Crippen molar-refractivity contribution in [3.8, 4) is 0 Å². The van der Waals surface area contributed by atoms with Crippen LogP contribution >= 0.6 is 0 Å². The molecular formula is C15H23F3N2. The second kappa shape index (κ2) is 8.27. The number of hydrazine groups is 1. The van der Waals surface area contributed by atoms with Gasteiger partial charge in [-0.1, -0.05) is 50.8 Å². The third-order valence-electron chi connectivity index (χ3n) is 3.38. The van der Waals surface area contributed by atoms with Gasteiger partial charge in [0.15, 0.2) is 0 Å². The second-order valence-corrected chi connectivity index (χ2v) is 5.12. The summed E-state index contributed by atoms with van der Waals surface area (Å²) in [6, 6.07) is 5.48. The molecule has 0 saturated carbocycles. The Balaban J connectivity index is 2.56. The predicted octanol–water partition coefficient (Wildman–Crippen LogP) is 4.05. The Morgan fingerprint density at radius 3 is 2.55 bits per heavy atom. The zero-order valence-electron chi connectivity index (χ0n) is 11.8.